The van der Waals surface area contributed by atoms with Crippen molar-refractivity contribution < 1.29 is 13.9 Å². The van der Waals surface area contributed by atoms with Crippen LogP contribution in [0.1, 0.15) is 24.6 Å². The molecule has 1 aromatic carbocycles. The molecule has 0 aliphatic heterocycles. The van der Waals surface area contributed by atoms with Gasteiger partial charge in [0.05, 0.1) is 12.3 Å². The predicted octanol–water partition coefficient (Wildman–Crippen LogP) is 4.75. The topological polar surface area (TPSA) is 31.4 Å². The van der Waals surface area contributed by atoms with Crippen molar-refractivity contribution in [3.05, 3.63) is 33.4 Å². The molecule has 0 radical (unpaired) electrons. The number of hydrogen-bond acceptors (Lipinski definition) is 4. The second-order valence-electron chi connectivity index (χ2n) is 4.82. The number of ether oxygens (including phenoxy) is 2. The van der Waals surface area contributed by atoms with Crippen LogP contribution in [0.25, 0.3) is 11.3 Å². The lowest BCUT2D eigenvalue weighted by Gasteiger charge is -2.09. The van der Waals surface area contributed by atoms with Crippen LogP contribution >= 0.6 is 22.9 Å². The molecule has 114 valence electrons. The van der Waals surface area contributed by atoms with Crippen molar-refractivity contribution in [2.24, 2.45) is 0 Å². The molecule has 0 spiro atoms. The zero-order valence-electron chi connectivity index (χ0n) is 12.2. The first-order valence-electron chi connectivity index (χ1n) is 6.60. The van der Waals surface area contributed by atoms with Gasteiger partial charge in [-0.2, -0.15) is 0 Å². The Hall–Kier alpha value is -1.17. The highest BCUT2D eigenvalue weighted by Gasteiger charge is 2.16. The summed E-state index contributed by atoms with van der Waals surface area (Å²) in [5, 5.41) is 0. The lowest BCUT2D eigenvalue weighted by atomic mass is 10.1. The molecule has 0 aliphatic rings. The SMILES string of the molecule is COCCOc1ccc(-c2nc(Cl)sc2C(C)C)cc1F. The van der Waals surface area contributed by atoms with Crippen LogP contribution in [0.2, 0.25) is 4.47 Å². The van der Waals surface area contributed by atoms with Crippen molar-refractivity contribution in [2.75, 3.05) is 20.3 Å². The summed E-state index contributed by atoms with van der Waals surface area (Å²) >= 11 is 7.42. The minimum atomic E-state index is -0.414. The highest BCUT2D eigenvalue weighted by molar-refractivity contribution is 7.16. The molecule has 0 saturated carbocycles. The van der Waals surface area contributed by atoms with Crippen LogP contribution in [-0.2, 0) is 4.74 Å². The minimum Gasteiger partial charge on any atom is -0.488 e. The van der Waals surface area contributed by atoms with Crippen molar-refractivity contribution in [2.45, 2.75) is 19.8 Å². The highest BCUT2D eigenvalue weighted by Crippen LogP contribution is 2.36. The number of hydrogen-bond donors (Lipinski definition) is 0. The molecule has 0 unspecified atom stereocenters. The third-order valence-electron chi connectivity index (χ3n) is 2.90. The predicted molar refractivity (Wildman–Crippen MR) is 84.0 cm³/mol. The summed E-state index contributed by atoms with van der Waals surface area (Å²) in [4.78, 5) is 5.35. The Labute approximate surface area is 132 Å². The Balaban J connectivity index is 2.27. The highest BCUT2D eigenvalue weighted by atomic mass is 35.5. The third-order valence-corrected chi connectivity index (χ3v) is 4.36. The number of methoxy groups -OCH3 is 1. The molecule has 0 saturated heterocycles. The first-order chi connectivity index (χ1) is 10.0. The molecular weight excluding hydrogens is 313 g/mol. The number of benzene rings is 1. The van der Waals surface area contributed by atoms with Gasteiger partial charge in [-0.15, -0.1) is 11.3 Å². The Bertz CT molecular complexity index is 616. The molecule has 0 N–H and O–H groups in total. The van der Waals surface area contributed by atoms with Crippen LogP contribution in [0.3, 0.4) is 0 Å². The number of nitrogens with zero attached hydrogens (tertiary/aromatic N) is 1. The first-order valence-corrected chi connectivity index (χ1v) is 7.80. The van der Waals surface area contributed by atoms with E-state index in [0.717, 1.165) is 10.6 Å². The summed E-state index contributed by atoms with van der Waals surface area (Å²) in [7, 11) is 1.57. The van der Waals surface area contributed by atoms with Crippen LogP contribution in [0.4, 0.5) is 4.39 Å². The fourth-order valence-corrected chi connectivity index (χ4v) is 3.05. The first kappa shape index (κ1) is 16.2. The maximum Gasteiger partial charge on any atom is 0.184 e. The molecule has 0 bridgehead atoms. The zero-order chi connectivity index (χ0) is 15.4. The number of aromatic nitrogens is 1. The van der Waals surface area contributed by atoms with E-state index in [-0.39, 0.29) is 11.7 Å². The fraction of sp³-hybridized carbons (Fsp3) is 0.400. The second kappa shape index (κ2) is 7.20. The van der Waals surface area contributed by atoms with E-state index in [0.29, 0.717) is 23.2 Å². The molecule has 6 heteroatoms. The molecule has 0 aliphatic carbocycles. The number of thiazole rings is 1. The molecule has 1 heterocycles. The van der Waals surface area contributed by atoms with E-state index in [9.17, 15) is 4.39 Å². The third kappa shape index (κ3) is 3.93. The van der Waals surface area contributed by atoms with Gasteiger partial charge in [0, 0.05) is 17.6 Å². The van der Waals surface area contributed by atoms with Gasteiger partial charge in [0.15, 0.2) is 16.0 Å². The lowest BCUT2D eigenvalue weighted by Crippen LogP contribution is -2.05. The van der Waals surface area contributed by atoms with Gasteiger partial charge < -0.3 is 9.47 Å². The average Bonchev–Trinajstić information content (AvgIpc) is 2.83. The molecule has 0 atom stereocenters. The van der Waals surface area contributed by atoms with Gasteiger partial charge in [0.1, 0.15) is 6.61 Å². The van der Waals surface area contributed by atoms with Crippen LogP contribution in [0.5, 0.6) is 5.75 Å². The molecular formula is C15H17ClFNO2S. The van der Waals surface area contributed by atoms with E-state index in [4.69, 9.17) is 21.1 Å². The Morgan fingerprint density at radius 3 is 2.71 bits per heavy atom. The number of rotatable bonds is 6. The van der Waals surface area contributed by atoms with Crippen LogP contribution in [0, 0.1) is 5.82 Å². The standard InChI is InChI=1S/C15H17ClFNO2S/c1-9(2)14-13(18-15(16)21-14)10-4-5-12(11(17)8-10)20-7-6-19-3/h4-5,8-9H,6-7H2,1-3H3. The summed E-state index contributed by atoms with van der Waals surface area (Å²) in [5.74, 6) is 0.0799. The van der Waals surface area contributed by atoms with Crippen molar-refractivity contribution in [3.63, 3.8) is 0 Å². The van der Waals surface area contributed by atoms with Gasteiger partial charge in [-0.3, -0.25) is 0 Å². The van der Waals surface area contributed by atoms with Gasteiger partial charge in [0.25, 0.3) is 0 Å². The van der Waals surface area contributed by atoms with Gasteiger partial charge >= 0.3 is 0 Å². The van der Waals surface area contributed by atoms with E-state index >= 15 is 0 Å². The molecule has 2 aromatic rings. The van der Waals surface area contributed by atoms with Crippen molar-refractivity contribution >= 4 is 22.9 Å². The summed E-state index contributed by atoms with van der Waals surface area (Å²) in [5.41, 5.74) is 1.45. The number of halogens is 2. The second-order valence-corrected chi connectivity index (χ2v) is 6.43. The van der Waals surface area contributed by atoms with E-state index in [1.54, 1.807) is 19.2 Å². The van der Waals surface area contributed by atoms with Gasteiger partial charge in [0.2, 0.25) is 0 Å². The summed E-state index contributed by atoms with van der Waals surface area (Å²) in [6.45, 7) is 4.85. The molecule has 1 aromatic heterocycles. The fourth-order valence-electron chi connectivity index (χ4n) is 1.90. The smallest absolute Gasteiger partial charge is 0.184 e. The largest absolute Gasteiger partial charge is 0.488 e. The van der Waals surface area contributed by atoms with Gasteiger partial charge in [-0.05, 0) is 24.1 Å². The summed E-state index contributed by atoms with van der Waals surface area (Å²) < 4.78 is 24.7. The Morgan fingerprint density at radius 2 is 2.10 bits per heavy atom. The summed E-state index contributed by atoms with van der Waals surface area (Å²) in [6.07, 6.45) is 0. The molecule has 2 rings (SSSR count). The van der Waals surface area contributed by atoms with Crippen molar-refractivity contribution in [1.29, 1.82) is 0 Å². The Morgan fingerprint density at radius 1 is 1.33 bits per heavy atom. The molecule has 21 heavy (non-hydrogen) atoms. The Kier molecular flexibility index (Phi) is 5.56. The minimum absolute atomic E-state index is 0.211. The molecule has 0 amide bonds. The normalized spacial score (nSPS) is 11.1. The maximum atomic E-state index is 14.1. The van der Waals surface area contributed by atoms with E-state index in [1.807, 2.05) is 0 Å². The monoisotopic (exact) mass is 329 g/mol. The van der Waals surface area contributed by atoms with E-state index in [2.05, 4.69) is 18.8 Å². The van der Waals surface area contributed by atoms with Crippen molar-refractivity contribution in [1.82, 2.24) is 4.98 Å². The summed E-state index contributed by atoms with van der Waals surface area (Å²) in [6, 6.07) is 4.83. The average molecular weight is 330 g/mol. The van der Waals surface area contributed by atoms with Gasteiger partial charge in [-0.25, -0.2) is 9.37 Å². The van der Waals surface area contributed by atoms with Crippen LogP contribution < -0.4 is 4.74 Å². The van der Waals surface area contributed by atoms with Gasteiger partial charge in [-0.1, -0.05) is 25.4 Å². The van der Waals surface area contributed by atoms with Crippen molar-refractivity contribution in [3.8, 4) is 17.0 Å². The quantitative estimate of drug-likeness (QED) is 0.716. The zero-order valence-corrected chi connectivity index (χ0v) is 13.7. The van der Waals surface area contributed by atoms with E-state index < -0.39 is 5.82 Å². The van der Waals surface area contributed by atoms with Crippen LogP contribution in [0.15, 0.2) is 18.2 Å². The maximum absolute atomic E-state index is 14.1. The molecule has 0 fully saturated rings. The van der Waals surface area contributed by atoms with Crippen LogP contribution in [-0.4, -0.2) is 25.3 Å². The van der Waals surface area contributed by atoms with E-state index in [1.165, 1.54) is 17.4 Å². The molecule has 3 nitrogen and oxygen atoms in total. The lowest BCUT2D eigenvalue weighted by molar-refractivity contribution is 0.144.